The van der Waals surface area contributed by atoms with Gasteiger partial charge in [-0.05, 0) is 0 Å². The van der Waals surface area contributed by atoms with Gasteiger partial charge in [-0.2, -0.15) is 0 Å². The Labute approximate surface area is 316 Å². The summed E-state index contributed by atoms with van der Waals surface area (Å²) >= 11 is 0. The molecule has 0 spiro atoms. The summed E-state index contributed by atoms with van der Waals surface area (Å²) in [6, 6.07) is 0. The first-order valence-corrected chi connectivity index (χ1v) is 17.7. The van der Waals surface area contributed by atoms with Crippen molar-refractivity contribution in [3.8, 4) is 0 Å². The fourth-order valence-electron chi connectivity index (χ4n) is 6.81. The van der Waals surface area contributed by atoms with Crippen molar-refractivity contribution in [2.45, 2.75) is 148 Å². The number of rotatable bonds is 11. The van der Waals surface area contributed by atoms with E-state index in [0.29, 0.717) is 0 Å². The van der Waals surface area contributed by atoms with E-state index >= 15 is 0 Å². The highest BCUT2D eigenvalue weighted by Gasteiger charge is 2.52. The molecule has 0 unspecified atom stereocenters. The van der Waals surface area contributed by atoms with Gasteiger partial charge in [-0.15, -0.1) is 0 Å². The first-order chi connectivity index (χ1) is 26.6. The van der Waals surface area contributed by atoms with E-state index in [4.69, 9.17) is 52.1 Å². The molecule has 6 saturated heterocycles. The molecular formula is C30H50O26. The van der Waals surface area contributed by atoms with E-state index in [1.54, 1.807) is 0 Å². The van der Waals surface area contributed by atoms with Gasteiger partial charge in [0.15, 0.2) is 43.8 Å². The highest BCUT2D eigenvalue weighted by Crippen LogP contribution is 2.31. The summed E-state index contributed by atoms with van der Waals surface area (Å²) in [6.45, 7) is -2.60. The molecule has 26 nitrogen and oxygen atoms in total. The lowest BCUT2D eigenvalue weighted by Crippen LogP contribution is -2.63. The largest absolute Gasteiger partial charge is 0.388 e. The highest BCUT2D eigenvalue weighted by atomic mass is 17.1. The van der Waals surface area contributed by atoms with Gasteiger partial charge in [-0.1, -0.05) is 0 Å². The Morgan fingerprint density at radius 1 is 0.304 bits per heavy atom. The van der Waals surface area contributed by atoms with Crippen molar-refractivity contribution in [1.82, 2.24) is 0 Å². The van der Waals surface area contributed by atoms with Gasteiger partial charge in [0.25, 0.3) is 0 Å². The van der Waals surface area contributed by atoms with Crippen molar-refractivity contribution >= 4 is 0 Å². The standard InChI is InChI=1S/C30H50O26/c31-7-1-46-26(19(38)13(7)32)51-9-3-47-27(20(39)15(9)34)52-10-4-48-28(21(40)16(10)35)53-11-5-49-29(22(41)17(11)36)55-12-6-50-30(23(42)24(12)56-44)54-8-2-45-25(43)18(37)14(8)33/h7-44H,1-6H2/t7-,8-,9-,10-,11-,12-,13+,14+,15+,16+,17+,18-,19-,20-,21-,22-,23-,24+,25-,26+,27+,28+,29+,30+/m1/s1. The van der Waals surface area contributed by atoms with Gasteiger partial charge in [-0.25, -0.2) is 4.89 Å². The van der Waals surface area contributed by atoms with Crippen molar-refractivity contribution in [2.75, 3.05) is 39.6 Å². The van der Waals surface area contributed by atoms with E-state index in [9.17, 15) is 71.6 Å². The Morgan fingerprint density at radius 3 is 1.02 bits per heavy atom. The van der Waals surface area contributed by atoms with E-state index in [1.165, 1.54) is 0 Å². The van der Waals surface area contributed by atoms with Crippen LogP contribution in [0.2, 0.25) is 0 Å². The monoisotopic (exact) mass is 826 g/mol. The van der Waals surface area contributed by atoms with Gasteiger partial charge in [0.1, 0.15) is 104 Å². The molecule has 0 saturated carbocycles. The number of aliphatic hydroxyl groups excluding tert-OH is 13. The zero-order chi connectivity index (χ0) is 40.6. The van der Waals surface area contributed by atoms with Crippen LogP contribution in [0.25, 0.3) is 0 Å². The summed E-state index contributed by atoms with van der Waals surface area (Å²) in [5.41, 5.74) is 0. The zero-order valence-corrected chi connectivity index (χ0v) is 29.3. The maximum absolute atomic E-state index is 10.8. The van der Waals surface area contributed by atoms with E-state index in [-0.39, 0.29) is 13.2 Å². The van der Waals surface area contributed by atoms with Gasteiger partial charge in [-0.3, -0.25) is 5.26 Å². The molecule has 24 atom stereocenters. The molecule has 6 aliphatic rings. The minimum absolute atomic E-state index is 0.370. The second kappa shape index (κ2) is 19.1. The minimum atomic E-state index is -1.85. The van der Waals surface area contributed by atoms with Gasteiger partial charge >= 0.3 is 0 Å². The molecule has 0 aromatic carbocycles. The maximum atomic E-state index is 10.8. The van der Waals surface area contributed by atoms with Crippen LogP contribution in [0.1, 0.15) is 0 Å². The molecule has 14 N–H and O–H groups in total. The molecule has 0 bridgehead atoms. The Balaban J connectivity index is 0.948. The summed E-state index contributed by atoms with van der Waals surface area (Å²) < 4.78 is 59.6. The number of aliphatic hydroxyl groups is 13. The van der Waals surface area contributed by atoms with Crippen LogP contribution in [-0.2, 0) is 57.0 Å². The van der Waals surface area contributed by atoms with E-state index < -0.39 is 174 Å². The molecule has 26 heteroatoms. The number of ether oxygens (including phenoxy) is 11. The van der Waals surface area contributed by atoms with Crippen LogP contribution in [0.15, 0.2) is 0 Å². The molecule has 0 radical (unpaired) electrons. The average Bonchev–Trinajstić information content (AvgIpc) is 3.18. The topological polar surface area (TPSA) is 394 Å². The fourth-order valence-corrected chi connectivity index (χ4v) is 6.81. The molecule has 326 valence electrons. The summed E-state index contributed by atoms with van der Waals surface area (Å²) in [5.74, 6) is 0. The van der Waals surface area contributed by atoms with Crippen molar-refractivity contribution < 1.29 is 129 Å². The SMILES string of the molecule is OO[C@@H]1[C@@H](O)[C@H](O[C@@H]2CO[C@@H](O)[C@H](O)[C@H]2O)OC[C@H]1O[C@@H]1OC[C@@H](O[C@@H]2OC[C@@H](O[C@@H]3OC[C@@H](O[C@@H]4OC[C@@H](O)[C@H](O)[C@H]4O)[C@H](O)[C@H]3O)[C@H](O)[C@H]2O)[C@H](O)[C@H]1O. The van der Waals surface area contributed by atoms with Crippen LogP contribution < -0.4 is 0 Å². The third-order valence-corrected chi connectivity index (χ3v) is 10.3. The molecule has 0 amide bonds. The average molecular weight is 827 g/mol. The Kier molecular flexibility index (Phi) is 15.2. The predicted molar refractivity (Wildman–Crippen MR) is 165 cm³/mol. The van der Waals surface area contributed by atoms with Crippen molar-refractivity contribution in [1.29, 1.82) is 0 Å². The summed E-state index contributed by atoms with van der Waals surface area (Å²) in [6.07, 6.45) is -38.1. The normalized spacial score (nSPS) is 53.5. The summed E-state index contributed by atoms with van der Waals surface area (Å²) in [4.78, 5) is 4.37. The summed E-state index contributed by atoms with van der Waals surface area (Å²) in [5, 5.41) is 144. The number of hydrogen-bond acceptors (Lipinski definition) is 26. The number of hydrogen-bond donors (Lipinski definition) is 14. The van der Waals surface area contributed by atoms with Gasteiger partial charge in [0, 0.05) is 0 Å². The first kappa shape index (κ1) is 44.5. The molecule has 0 aliphatic carbocycles. The van der Waals surface area contributed by atoms with E-state index in [2.05, 4.69) is 4.89 Å². The molecule has 6 heterocycles. The Hall–Kier alpha value is -1.04. The molecule has 56 heavy (non-hydrogen) atoms. The van der Waals surface area contributed by atoms with E-state index in [0.717, 1.165) is 0 Å². The smallest absolute Gasteiger partial charge is 0.186 e. The lowest BCUT2D eigenvalue weighted by atomic mass is 10.0. The van der Waals surface area contributed by atoms with Gasteiger partial charge in [0.2, 0.25) is 0 Å². The van der Waals surface area contributed by atoms with Crippen LogP contribution in [0.4, 0.5) is 0 Å². The Bertz CT molecular complexity index is 1220. The van der Waals surface area contributed by atoms with Crippen molar-refractivity contribution in [3.05, 3.63) is 0 Å². The van der Waals surface area contributed by atoms with Crippen molar-refractivity contribution in [2.24, 2.45) is 0 Å². The van der Waals surface area contributed by atoms with Crippen LogP contribution in [-0.4, -0.2) is 259 Å². The van der Waals surface area contributed by atoms with Crippen LogP contribution in [0.5, 0.6) is 0 Å². The predicted octanol–water partition coefficient (Wildman–Crippen LogP) is -9.77. The molecule has 6 fully saturated rings. The third-order valence-electron chi connectivity index (χ3n) is 10.3. The van der Waals surface area contributed by atoms with Crippen LogP contribution in [0, 0.1) is 0 Å². The fraction of sp³-hybridized carbons (Fsp3) is 1.00. The van der Waals surface area contributed by atoms with Crippen LogP contribution >= 0.6 is 0 Å². The minimum Gasteiger partial charge on any atom is -0.388 e. The Morgan fingerprint density at radius 2 is 0.607 bits per heavy atom. The second-order valence-electron chi connectivity index (χ2n) is 14.1. The molecular weight excluding hydrogens is 776 g/mol. The molecule has 0 aromatic rings. The lowest BCUT2D eigenvalue weighted by Gasteiger charge is -2.45. The molecule has 6 aliphatic heterocycles. The maximum Gasteiger partial charge on any atom is 0.186 e. The van der Waals surface area contributed by atoms with Gasteiger partial charge in [0.05, 0.1) is 39.6 Å². The lowest BCUT2D eigenvalue weighted by molar-refractivity contribution is -0.396. The molecule has 6 rings (SSSR count). The molecule has 0 aromatic heterocycles. The highest BCUT2D eigenvalue weighted by molar-refractivity contribution is 4.93. The summed E-state index contributed by atoms with van der Waals surface area (Å²) in [7, 11) is 0. The first-order valence-electron chi connectivity index (χ1n) is 17.7. The van der Waals surface area contributed by atoms with Crippen LogP contribution in [0.3, 0.4) is 0 Å². The third kappa shape index (κ3) is 9.46. The quantitative estimate of drug-likeness (QED) is 0.0679. The second-order valence-corrected chi connectivity index (χ2v) is 14.1. The zero-order valence-electron chi connectivity index (χ0n) is 29.3. The van der Waals surface area contributed by atoms with Crippen molar-refractivity contribution in [3.63, 3.8) is 0 Å². The van der Waals surface area contributed by atoms with E-state index in [1.807, 2.05) is 0 Å². The van der Waals surface area contributed by atoms with Gasteiger partial charge < -0.3 is 118 Å².